The van der Waals surface area contributed by atoms with Crippen molar-refractivity contribution in [2.75, 3.05) is 32.9 Å². The van der Waals surface area contributed by atoms with E-state index in [0.717, 1.165) is 25.9 Å². The second-order valence-corrected chi connectivity index (χ2v) is 7.59. The van der Waals surface area contributed by atoms with Crippen LogP contribution in [0.5, 0.6) is 0 Å². The molecule has 1 saturated heterocycles. The van der Waals surface area contributed by atoms with Crippen molar-refractivity contribution in [2.24, 2.45) is 5.92 Å². The molecule has 114 valence electrons. The van der Waals surface area contributed by atoms with Crippen molar-refractivity contribution in [2.45, 2.75) is 26.3 Å². The Kier molecular flexibility index (Phi) is 4.77. The van der Waals surface area contributed by atoms with Gasteiger partial charge in [-0.2, -0.15) is 4.98 Å². The van der Waals surface area contributed by atoms with Crippen LogP contribution >= 0.6 is 0 Å². The van der Waals surface area contributed by atoms with Crippen molar-refractivity contribution in [1.29, 1.82) is 0 Å². The zero-order valence-electron chi connectivity index (χ0n) is 12.2. The standard InChI is InChI=1S/C12H22N4O3S/c1-10-13-12(19-14-10)9-16-6-4-11(5-7-16)8-15(2)20(3,17)18/h11H,4-9H2,1-3H3. The highest BCUT2D eigenvalue weighted by molar-refractivity contribution is 7.88. The summed E-state index contributed by atoms with van der Waals surface area (Å²) in [6.45, 7) is 4.95. The lowest BCUT2D eigenvalue weighted by Crippen LogP contribution is -2.38. The van der Waals surface area contributed by atoms with E-state index in [1.54, 1.807) is 14.0 Å². The topological polar surface area (TPSA) is 79.5 Å². The largest absolute Gasteiger partial charge is 0.338 e. The molecule has 7 nitrogen and oxygen atoms in total. The van der Waals surface area contributed by atoms with Gasteiger partial charge in [-0.05, 0) is 38.8 Å². The van der Waals surface area contributed by atoms with Crippen LogP contribution in [0.3, 0.4) is 0 Å². The van der Waals surface area contributed by atoms with E-state index in [1.807, 2.05) is 0 Å². The number of sulfonamides is 1. The molecule has 1 aliphatic rings. The van der Waals surface area contributed by atoms with Gasteiger partial charge in [0, 0.05) is 13.6 Å². The monoisotopic (exact) mass is 302 g/mol. The predicted molar refractivity (Wildman–Crippen MR) is 74.5 cm³/mol. The number of likely N-dealkylation sites (tertiary alicyclic amines) is 1. The molecule has 1 fully saturated rings. The molecule has 1 aromatic heterocycles. The van der Waals surface area contributed by atoms with Gasteiger partial charge in [0.25, 0.3) is 0 Å². The van der Waals surface area contributed by atoms with Gasteiger partial charge >= 0.3 is 0 Å². The van der Waals surface area contributed by atoms with Gasteiger partial charge in [-0.15, -0.1) is 0 Å². The van der Waals surface area contributed by atoms with Crippen molar-refractivity contribution >= 4 is 10.0 Å². The van der Waals surface area contributed by atoms with E-state index in [9.17, 15) is 8.42 Å². The quantitative estimate of drug-likeness (QED) is 0.787. The zero-order chi connectivity index (χ0) is 14.8. The molecular weight excluding hydrogens is 280 g/mol. The molecule has 0 unspecified atom stereocenters. The molecule has 0 aromatic carbocycles. The second-order valence-electron chi connectivity index (χ2n) is 5.50. The summed E-state index contributed by atoms with van der Waals surface area (Å²) in [6.07, 6.45) is 3.24. The molecule has 0 bridgehead atoms. The molecule has 0 amide bonds. The Labute approximate surface area is 120 Å². The van der Waals surface area contributed by atoms with Gasteiger partial charge in [0.1, 0.15) is 0 Å². The Bertz CT molecular complexity index is 535. The Morgan fingerprint density at radius 2 is 2.05 bits per heavy atom. The van der Waals surface area contributed by atoms with Gasteiger partial charge in [-0.25, -0.2) is 12.7 Å². The van der Waals surface area contributed by atoms with Gasteiger partial charge in [0.15, 0.2) is 5.82 Å². The third-order valence-electron chi connectivity index (χ3n) is 3.72. The SMILES string of the molecule is Cc1noc(CN2CCC(CN(C)S(C)(=O)=O)CC2)n1. The van der Waals surface area contributed by atoms with Crippen molar-refractivity contribution in [3.05, 3.63) is 11.7 Å². The molecule has 0 spiro atoms. The van der Waals surface area contributed by atoms with Gasteiger partial charge in [-0.1, -0.05) is 5.16 Å². The summed E-state index contributed by atoms with van der Waals surface area (Å²) >= 11 is 0. The highest BCUT2D eigenvalue weighted by atomic mass is 32.2. The van der Waals surface area contributed by atoms with Crippen LogP contribution in [0.15, 0.2) is 4.52 Å². The number of aryl methyl sites for hydroxylation is 1. The highest BCUT2D eigenvalue weighted by Crippen LogP contribution is 2.20. The van der Waals surface area contributed by atoms with Gasteiger partial charge in [0.2, 0.25) is 15.9 Å². The first-order valence-electron chi connectivity index (χ1n) is 6.77. The molecule has 1 aliphatic heterocycles. The van der Waals surface area contributed by atoms with E-state index in [1.165, 1.54) is 10.6 Å². The van der Waals surface area contributed by atoms with Crippen LogP contribution in [-0.2, 0) is 16.6 Å². The normalized spacial score (nSPS) is 18.8. The lowest BCUT2D eigenvalue weighted by molar-refractivity contribution is 0.150. The van der Waals surface area contributed by atoms with Crippen LogP contribution in [0.4, 0.5) is 0 Å². The van der Waals surface area contributed by atoms with Crippen molar-refractivity contribution in [1.82, 2.24) is 19.3 Å². The zero-order valence-corrected chi connectivity index (χ0v) is 13.1. The molecular formula is C12H22N4O3S. The first kappa shape index (κ1) is 15.4. The van der Waals surface area contributed by atoms with Gasteiger partial charge in [0.05, 0.1) is 12.8 Å². The number of hydrogen-bond acceptors (Lipinski definition) is 6. The minimum absolute atomic E-state index is 0.426. The maximum Gasteiger partial charge on any atom is 0.240 e. The summed E-state index contributed by atoms with van der Waals surface area (Å²) in [4.78, 5) is 6.47. The van der Waals surface area contributed by atoms with Crippen LogP contribution < -0.4 is 0 Å². The number of hydrogen-bond donors (Lipinski definition) is 0. The molecule has 0 aliphatic carbocycles. The minimum atomic E-state index is -3.08. The van der Waals surface area contributed by atoms with Crippen LogP contribution in [0.25, 0.3) is 0 Å². The Hall–Kier alpha value is -0.990. The second kappa shape index (κ2) is 6.19. The fourth-order valence-electron chi connectivity index (χ4n) is 2.42. The first-order chi connectivity index (χ1) is 9.34. The molecule has 1 aromatic rings. The molecule has 2 heterocycles. The van der Waals surface area contributed by atoms with Crippen LogP contribution in [0.2, 0.25) is 0 Å². The molecule has 0 N–H and O–H groups in total. The van der Waals surface area contributed by atoms with E-state index in [4.69, 9.17) is 4.52 Å². The van der Waals surface area contributed by atoms with E-state index in [0.29, 0.717) is 30.7 Å². The van der Waals surface area contributed by atoms with E-state index >= 15 is 0 Å². The van der Waals surface area contributed by atoms with Crippen molar-refractivity contribution in [3.8, 4) is 0 Å². The maximum absolute atomic E-state index is 11.4. The minimum Gasteiger partial charge on any atom is -0.338 e. The summed E-state index contributed by atoms with van der Waals surface area (Å²) < 4.78 is 29.4. The third-order valence-corrected chi connectivity index (χ3v) is 5.00. The first-order valence-corrected chi connectivity index (χ1v) is 8.62. The van der Waals surface area contributed by atoms with Crippen LogP contribution in [-0.4, -0.2) is 60.7 Å². The Balaban J connectivity index is 1.78. The lowest BCUT2D eigenvalue weighted by Gasteiger charge is -2.32. The molecule has 20 heavy (non-hydrogen) atoms. The van der Waals surface area contributed by atoms with Gasteiger partial charge < -0.3 is 4.52 Å². The van der Waals surface area contributed by atoms with Gasteiger partial charge in [-0.3, -0.25) is 4.90 Å². The summed E-state index contributed by atoms with van der Waals surface area (Å²) in [5.74, 6) is 1.73. The maximum atomic E-state index is 11.4. The van der Waals surface area contributed by atoms with Crippen molar-refractivity contribution in [3.63, 3.8) is 0 Å². The number of aromatic nitrogens is 2. The lowest BCUT2D eigenvalue weighted by atomic mass is 9.97. The summed E-state index contributed by atoms with van der Waals surface area (Å²) in [5, 5.41) is 3.78. The smallest absolute Gasteiger partial charge is 0.240 e. The molecule has 0 saturated carbocycles. The third kappa shape index (κ3) is 4.26. The number of nitrogens with zero attached hydrogens (tertiary/aromatic N) is 4. The fraction of sp³-hybridized carbons (Fsp3) is 0.833. The van der Waals surface area contributed by atoms with E-state index in [-0.39, 0.29) is 0 Å². The number of piperidine rings is 1. The predicted octanol–water partition coefficient (Wildman–Crippen LogP) is 0.481. The summed E-state index contributed by atoms with van der Waals surface area (Å²) in [7, 11) is -1.43. The van der Waals surface area contributed by atoms with E-state index < -0.39 is 10.0 Å². The summed E-state index contributed by atoms with van der Waals surface area (Å²) in [5.41, 5.74) is 0. The fourth-order valence-corrected chi connectivity index (χ4v) is 2.90. The molecule has 0 radical (unpaired) electrons. The molecule has 2 rings (SSSR count). The van der Waals surface area contributed by atoms with Crippen molar-refractivity contribution < 1.29 is 12.9 Å². The Morgan fingerprint density at radius 3 is 2.55 bits per heavy atom. The summed E-state index contributed by atoms with van der Waals surface area (Å²) in [6, 6.07) is 0. The van der Waals surface area contributed by atoms with Crippen LogP contribution in [0.1, 0.15) is 24.6 Å². The molecule has 0 atom stereocenters. The highest BCUT2D eigenvalue weighted by Gasteiger charge is 2.24. The van der Waals surface area contributed by atoms with Crippen LogP contribution in [0, 0.1) is 12.8 Å². The van der Waals surface area contributed by atoms with E-state index in [2.05, 4.69) is 15.0 Å². The number of rotatable bonds is 5. The Morgan fingerprint density at radius 1 is 1.40 bits per heavy atom. The average Bonchev–Trinajstić information content (AvgIpc) is 2.76. The molecule has 8 heteroatoms. The average molecular weight is 302 g/mol.